The fraction of sp³-hybridized carbons (Fsp3) is 0.250. The van der Waals surface area contributed by atoms with Gasteiger partial charge in [-0.2, -0.15) is 0 Å². The van der Waals surface area contributed by atoms with Crippen LogP contribution in [0.25, 0.3) is 0 Å². The minimum absolute atomic E-state index is 0.252. The number of nitrogens with zero attached hydrogens (tertiary/aromatic N) is 2. The number of imide groups is 1. The lowest BCUT2D eigenvalue weighted by Gasteiger charge is -2.28. The molecule has 6 nitrogen and oxygen atoms in total. The van der Waals surface area contributed by atoms with Gasteiger partial charge in [0.2, 0.25) is 0 Å². The first-order chi connectivity index (χ1) is 12.5. The Kier molecular flexibility index (Phi) is 3.85. The van der Waals surface area contributed by atoms with E-state index >= 15 is 0 Å². The molecule has 0 aromatic heterocycles. The first-order valence-electron chi connectivity index (χ1n) is 8.47. The van der Waals surface area contributed by atoms with Gasteiger partial charge in [0.25, 0.3) is 11.8 Å². The van der Waals surface area contributed by atoms with Crippen molar-refractivity contribution in [3.63, 3.8) is 0 Å². The molecule has 2 aromatic rings. The van der Waals surface area contributed by atoms with Crippen LogP contribution in [0.1, 0.15) is 32.7 Å². The number of likely N-dealkylation sites (tertiary alicyclic amines) is 1. The van der Waals surface area contributed by atoms with Crippen LogP contribution < -0.4 is 0 Å². The van der Waals surface area contributed by atoms with Crippen LogP contribution in [-0.4, -0.2) is 47.9 Å². The predicted octanol–water partition coefficient (Wildman–Crippen LogP) is 2.01. The molecule has 1 saturated heterocycles. The molecule has 1 atom stereocenters. The van der Waals surface area contributed by atoms with E-state index in [1.165, 1.54) is 0 Å². The highest BCUT2D eigenvalue weighted by atomic mass is 16.7. The van der Waals surface area contributed by atoms with Gasteiger partial charge in [0.05, 0.1) is 11.1 Å². The summed E-state index contributed by atoms with van der Waals surface area (Å²) in [6.07, 6.45) is 0.565. The second-order valence-corrected chi connectivity index (χ2v) is 6.76. The van der Waals surface area contributed by atoms with Gasteiger partial charge in [-0.3, -0.25) is 9.59 Å². The quantitative estimate of drug-likeness (QED) is 0.792. The number of rotatable bonds is 3. The van der Waals surface area contributed by atoms with Crippen LogP contribution in [0, 0.1) is 0 Å². The Morgan fingerprint density at radius 1 is 0.962 bits per heavy atom. The van der Waals surface area contributed by atoms with E-state index in [1.54, 1.807) is 24.3 Å². The fourth-order valence-corrected chi connectivity index (χ4v) is 3.70. The summed E-state index contributed by atoms with van der Waals surface area (Å²) in [6, 6.07) is 15.8. The second-order valence-electron chi connectivity index (χ2n) is 6.76. The van der Waals surface area contributed by atoms with Gasteiger partial charge in [-0.15, -0.1) is 0 Å². The molecule has 26 heavy (non-hydrogen) atoms. The fourth-order valence-electron chi connectivity index (χ4n) is 3.70. The smallest absolute Gasteiger partial charge is 0.329 e. The monoisotopic (exact) mass is 350 g/mol. The summed E-state index contributed by atoms with van der Waals surface area (Å²) >= 11 is 0. The van der Waals surface area contributed by atoms with Gasteiger partial charge < -0.3 is 9.74 Å². The van der Waals surface area contributed by atoms with Gasteiger partial charge >= 0.3 is 5.97 Å². The lowest BCUT2D eigenvalue weighted by molar-refractivity contribution is -0.175. The van der Waals surface area contributed by atoms with E-state index in [0.717, 1.165) is 12.1 Å². The zero-order valence-electron chi connectivity index (χ0n) is 14.3. The standard InChI is InChI=1S/C20H18N2O4/c1-21-12-11-20(13-21,14-7-3-2-4-8-14)19(25)26-22-17(23)15-9-5-6-10-16(15)18(22)24/h2-10H,11-13H2,1H3. The van der Waals surface area contributed by atoms with E-state index < -0.39 is 23.2 Å². The van der Waals surface area contributed by atoms with E-state index in [4.69, 9.17) is 4.84 Å². The van der Waals surface area contributed by atoms with E-state index in [0.29, 0.717) is 18.0 Å². The summed E-state index contributed by atoms with van der Waals surface area (Å²) in [7, 11) is 1.93. The Bertz CT molecular complexity index is 861. The molecular formula is C20H18N2O4. The van der Waals surface area contributed by atoms with E-state index in [-0.39, 0.29) is 11.1 Å². The van der Waals surface area contributed by atoms with Crippen LogP contribution in [0.15, 0.2) is 54.6 Å². The molecule has 2 amide bonds. The molecular weight excluding hydrogens is 332 g/mol. The molecule has 0 N–H and O–H groups in total. The zero-order valence-corrected chi connectivity index (χ0v) is 14.3. The summed E-state index contributed by atoms with van der Waals surface area (Å²) in [4.78, 5) is 45.5. The lowest BCUT2D eigenvalue weighted by Crippen LogP contribution is -2.44. The van der Waals surface area contributed by atoms with Crippen molar-refractivity contribution in [3.8, 4) is 0 Å². The van der Waals surface area contributed by atoms with E-state index in [9.17, 15) is 14.4 Å². The number of hydrogen-bond donors (Lipinski definition) is 0. The maximum absolute atomic E-state index is 13.1. The van der Waals surface area contributed by atoms with E-state index in [1.807, 2.05) is 42.3 Å². The number of carbonyl (C=O) groups excluding carboxylic acids is 3. The van der Waals surface area contributed by atoms with Gasteiger partial charge in [0, 0.05) is 6.54 Å². The Morgan fingerprint density at radius 3 is 2.08 bits per heavy atom. The first kappa shape index (κ1) is 16.5. The van der Waals surface area contributed by atoms with Gasteiger partial charge in [-0.05, 0) is 37.7 Å². The molecule has 0 aliphatic carbocycles. The molecule has 0 spiro atoms. The summed E-state index contributed by atoms with van der Waals surface area (Å²) in [5.74, 6) is -1.79. The molecule has 2 heterocycles. The molecule has 2 aliphatic heterocycles. The van der Waals surface area contributed by atoms with Gasteiger partial charge in [0.15, 0.2) is 0 Å². The number of likely N-dealkylation sites (N-methyl/N-ethyl adjacent to an activating group) is 1. The average molecular weight is 350 g/mol. The molecule has 1 unspecified atom stereocenters. The van der Waals surface area contributed by atoms with Crippen molar-refractivity contribution in [2.45, 2.75) is 11.8 Å². The minimum atomic E-state index is -0.897. The van der Waals surface area contributed by atoms with Gasteiger partial charge in [0.1, 0.15) is 5.41 Å². The maximum atomic E-state index is 13.1. The van der Waals surface area contributed by atoms with Crippen molar-refractivity contribution in [2.75, 3.05) is 20.1 Å². The highest BCUT2D eigenvalue weighted by molar-refractivity contribution is 6.21. The Balaban J connectivity index is 1.65. The van der Waals surface area contributed by atoms with Crippen LogP contribution in [0.2, 0.25) is 0 Å². The molecule has 0 radical (unpaired) electrons. The minimum Gasteiger partial charge on any atom is -0.329 e. The largest absolute Gasteiger partial charge is 0.345 e. The lowest BCUT2D eigenvalue weighted by atomic mass is 9.80. The summed E-state index contributed by atoms with van der Waals surface area (Å²) in [5.41, 5.74) is 0.432. The normalized spacial score (nSPS) is 22.6. The third kappa shape index (κ3) is 2.42. The predicted molar refractivity (Wildman–Crippen MR) is 93.3 cm³/mol. The first-order valence-corrected chi connectivity index (χ1v) is 8.47. The molecule has 2 aliphatic rings. The molecule has 0 bridgehead atoms. The number of benzene rings is 2. The number of fused-ring (bicyclic) bond motifs is 1. The molecule has 2 aromatic carbocycles. The van der Waals surface area contributed by atoms with Crippen molar-refractivity contribution in [2.24, 2.45) is 0 Å². The van der Waals surface area contributed by atoms with Gasteiger partial charge in [-0.25, -0.2) is 4.79 Å². The molecule has 6 heteroatoms. The van der Waals surface area contributed by atoms with Crippen molar-refractivity contribution >= 4 is 17.8 Å². The zero-order chi connectivity index (χ0) is 18.3. The van der Waals surface area contributed by atoms with Crippen molar-refractivity contribution < 1.29 is 19.2 Å². The summed E-state index contributed by atoms with van der Waals surface area (Å²) < 4.78 is 0. The van der Waals surface area contributed by atoms with Crippen molar-refractivity contribution in [1.29, 1.82) is 0 Å². The highest BCUT2D eigenvalue weighted by Crippen LogP contribution is 2.36. The summed E-state index contributed by atoms with van der Waals surface area (Å²) in [6.45, 7) is 1.20. The third-order valence-corrected chi connectivity index (χ3v) is 5.11. The highest BCUT2D eigenvalue weighted by Gasteiger charge is 2.49. The van der Waals surface area contributed by atoms with Crippen molar-refractivity contribution in [1.82, 2.24) is 9.96 Å². The average Bonchev–Trinajstić information content (AvgIpc) is 3.18. The molecule has 0 saturated carbocycles. The van der Waals surface area contributed by atoms with Crippen LogP contribution in [0.3, 0.4) is 0 Å². The van der Waals surface area contributed by atoms with Gasteiger partial charge in [-0.1, -0.05) is 47.5 Å². The Morgan fingerprint density at radius 2 is 1.54 bits per heavy atom. The van der Waals surface area contributed by atoms with E-state index in [2.05, 4.69) is 0 Å². The number of hydrogen-bond acceptors (Lipinski definition) is 5. The van der Waals surface area contributed by atoms with Crippen LogP contribution >= 0.6 is 0 Å². The molecule has 1 fully saturated rings. The van der Waals surface area contributed by atoms with Crippen LogP contribution in [0.5, 0.6) is 0 Å². The number of hydroxylamine groups is 2. The number of amides is 2. The van der Waals surface area contributed by atoms with Crippen LogP contribution in [0.4, 0.5) is 0 Å². The molecule has 4 rings (SSSR count). The topological polar surface area (TPSA) is 66.9 Å². The summed E-state index contributed by atoms with van der Waals surface area (Å²) in [5, 5.41) is 0.593. The van der Waals surface area contributed by atoms with Crippen LogP contribution in [-0.2, 0) is 15.0 Å². The Labute approximate surface area is 150 Å². The number of carbonyl (C=O) groups is 3. The maximum Gasteiger partial charge on any atom is 0.345 e. The molecule has 132 valence electrons. The third-order valence-electron chi connectivity index (χ3n) is 5.11. The van der Waals surface area contributed by atoms with Crippen molar-refractivity contribution in [3.05, 3.63) is 71.3 Å². The SMILES string of the molecule is CN1CCC(C(=O)ON2C(=O)c3ccccc3C2=O)(c2ccccc2)C1. The second kappa shape index (κ2) is 6.07. The Hall–Kier alpha value is -2.99.